The van der Waals surface area contributed by atoms with Gasteiger partial charge in [-0.05, 0) is 30.7 Å². The second-order valence-corrected chi connectivity index (χ2v) is 6.56. The van der Waals surface area contributed by atoms with Crippen molar-refractivity contribution in [3.8, 4) is 10.6 Å². The first-order valence-electron chi connectivity index (χ1n) is 7.17. The standard InChI is InChI=1S/C16H12ClFN2O2S/c17-13-5-4-12-14(19-13)20-15(23-12)10-3-2-9(8-11(10)18)16-21-6-1-7-22-16/h2-5,8,16H,1,6-7H2. The lowest BCUT2D eigenvalue weighted by molar-refractivity contribution is -0.183. The summed E-state index contributed by atoms with van der Waals surface area (Å²) in [5.74, 6) is -0.356. The van der Waals surface area contributed by atoms with E-state index >= 15 is 0 Å². The summed E-state index contributed by atoms with van der Waals surface area (Å²) in [5.41, 5.74) is 1.64. The number of fused-ring (bicyclic) bond motifs is 1. The van der Waals surface area contributed by atoms with Crippen LogP contribution in [0.3, 0.4) is 0 Å². The Kier molecular flexibility index (Phi) is 3.98. The molecule has 4 rings (SSSR count). The molecule has 1 aliphatic heterocycles. The molecule has 1 aliphatic rings. The molecule has 0 atom stereocenters. The van der Waals surface area contributed by atoms with Crippen LogP contribution in [0.5, 0.6) is 0 Å². The first-order valence-corrected chi connectivity index (χ1v) is 8.36. The van der Waals surface area contributed by atoms with Crippen LogP contribution >= 0.6 is 22.9 Å². The Hall–Kier alpha value is -1.60. The number of nitrogens with zero attached hydrogens (tertiary/aromatic N) is 2. The highest BCUT2D eigenvalue weighted by Crippen LogP contribution is 2.33. The Morgan fingerprint density at radius 2 is 1.96 bits per heavy atom. The lowest BCUT2D eigenvalue weighted by Crippen LogP contribution is -2.17. The van der Waals surface area contributed by atoms with Crippen LogP contribution in [0, 0.1) is 5.82 Å². The van der Waals surface area contributed by atoms with E-state index in [1.165, 1.54) is 17.4 Å². The summed E-state index contributed by atoms with van der Waals surface area (Å²) in [5, 5.41) is 0.945. The van der Waals surface area contributed by atoms with Crippen molar-refractivity contribution in [2.45, 2.75) is 12.7 Å². The van der Waals surface area contributed by atoms with Crippen molar-refractivity contribution >= 4 is 33.3 Å². The number of hydrogen-bond donors (Lipinski definition) is 0. The number of hydrogen-bond acceptors (Lipinski definition) is 5. The van der Waals surface area contributed by atoms with E-state index in [1.54, 1.807) is 18.2 Å². The monoisotopic (exact) mass is 350 g/mol. The normalized spacial score (nSPS) is 16.1. The fourth-order valence-corrected chi connectivity index (χ4v) is 3.52. The fraction of sp³-hybridized carbons (Fsp3) is 0.250. The summed E-state index contributed by atoms with van der Waals surface area (Å²) in [6, 6.07) is 8.48. The zero-order valence-corrected chi connectivity index (χ0v) is 13.5. The zero-order chi connectivity index (χ0) is 15.8. The van der Waals surface area contributed by atoms with Crippen molar-refractivity contribution in [3.05, 3.63) is 46.9 Å². The lowest BCUT2D eigenvalue weighted by Gasteiger charge is -2.23. The molecule has 0 bridgehead atoms. The van der Waals surface area contributed by atoms with Crippen molar-refractivity contribution in [3.63, 3.8) is 0 Å². The number of aromatic nitrogens is 2. The number of halogens is 2. The number of thiazole rings is 1. The van der Waals surface area contributed by atoms with Crippen LogP contribution in [-0.4, -0.2) is 23.2 Å². The molecule has 2 aromatic heterocycles. The quantitative estimate of drug-likeness (QED) is 0.634. The van der Waals surface area contributed by atoms with Crippen molar-refractivity contribution in [1.29, 1.82) is 0 Å². The molecule has 0 spiro atoms. The Morgan fingerprint density at radius 1 is 1.13 bits per heavy atom. The molecule has 0 amide bonds. The predicted molar refractivity (Wildman–Crippen MR) is 87.1 cm³/mol. The molecule has 0 radical (unpaired) electrons. The van der Waals surface area contributed by atoms with E-state index < -0.39 is 6.29 Å². The Bertz CT molecular complexity index is 864. The molecule has 3 heterocycles. The summed E-state index contributed by atoms with van der Waals surface area (Å²) in [6.45, 7) is 1.25. The van der Waals surface area contributed by atoms with Crippen molar-refractivity contribution < 1.29 is 13.9 Å². The molecule has 118 valence electrons. The van der Waals surface area contributed by atoms with Crippen LogP contribution in [0.25, 0.3) is 20.9 Å². The van der Waals surface area contributed by atoms with Gasteiger partial charge in [-0.3, -0.25) is 0 Å². The molecule has 7 heteroatoms. The summed E-state index contributed by atoms with van der Waals surface area (Å²) < 4.78 is 26.4. The van der Waals surface area contributed by atoms with E-state index in [-0.39, 0.29) is 5.82 Å². The van der Waals surface area contributed by atoms with E-state index in [0.29, 0.717) is 40.1 Å². The van der Waals surface area contributed by atoms with E-state index in [9.17, 15) is 4.39 Å². The molecule has 0 aliphatic carbocycles. The van der Waals surface area contributed by atoms with Gasteiger partial charge in [0, 0.05) is 11.1 Å². The second kappa shape index (κ2) is 6.13. The minimum atomic E-state index is -0.497. The van der Waals surface area contributed by atoms with Gasteiger partial charge in [-0.2, -0.15) is 0 Å². The third-order valence-corrected chi connectivity index (χ3v) is 4.80. The summed E-state index contributed by atoms with van der Waals surface area (Å²) in [6.07, 6.45) is 0.362. The van der Waals surface area contributed by atoms with Crippen LogP contribution in [0.1, 0.15) is 18.3 Å². The lowest BCUT2D eigenvalue weighted by atomic mass is 10.1. The number of ether oxygens (including phenoxy) is 2. The van der Waals surface area contributed by atoms with E-state index in [4.69, 9.17) is 21.1 Å². The van der Waals surface area contributed by atoms with Crippen LogP contribution in [0.4, 0.5) is 4.39 Å². The summed E-state index contributed by atoms with van der Waals surface area (Å²) in [7, 11) is 0. The van der Waals surface area contributed by atoms with Gasteiger partial charge >= 0.3 is 0 Å². The van der Waals surface area contributed by atoms with Gasteiger partial charge in [-0.15, -0.1) is 11.3 Å². The van der Waals surface area contributed by atoms with Gasteiger partial charge in [0.25, 0.3) is 0 Å². The maximum absolute atomic E-state index is 14.5. The highest BCUT2D eigenvalue weighted by atomic mass is 35.5. The van der Waals surface area contributed by atoms with Gasteiger partial charge in [0.05, 0.1) is 17.9 Å². The van der Waals surface area contributed by atoms with Crippen molar-refractivity contribution in [2.75, 3.05) is 13.2 Å². The molecule has 1 fully saturated rings. The third-order valence-electron chi connectivity index (χ3n) is 3.54. The molecule has 1 aromatic carbocycles. The van der Waals surface area contributed by atoms with Gasteiger partial charge < -0.3 is 9.47 Å². The second-order valence-electron chi connectivity index (χ2n) is 5.14. The van der Waals surface area contributed by atoms with Gasteiger partial charge in [0.1, 0.15) is 16.0 Å². The highest BCUT2D eigenvalue weighted by molar-refractivity contribution is 7.21. The molecule has 4 nitrogen and oxygen atoms in total. The van der Waals surface area contributed by atoms with Gasteiger partial charge in [0.15, 0.2) is 11.9 Å². The van der Waals surface area contributed by atoms with Crippen LogP contribution in [-0.2, 0) is 9.47 Å². The van der Waals surface area contributed by atoms with Crippen LogP contribution in [0.15, 0.2) is 30.3 Å². The topological polar surface area (TPSA) is 44.2 Å². The van der Waals surface area contributed by atoms with Crippen LogP contribution in [0.2, 0.25) is 5.15 Å². The molecule has 3 aromatic rings. The molecular formula is C16H12ClFN2O2S. The maximum Gasteiger partial charge on any atom is 0.183 e. The van der Waals surface area contributed by atoms with E-state index in [2.05, 4.69) is 9.97 Å². The minimum absolute atomic E-state index is 0.356. The summed E-state index contributed by atoms with van der Waals surface area (Å²) in [4.78, 5) is 8.51. The smallest absolute Gasteiger partial charge is 0.183 e. The van der Waals surface area contributed by atoms with Gasteiger partial charge in [-0.1, -0.05) is 17.7 Å². The van der Waals surface area contributed by atoms with Crippen molar-refractivity contribution in [2.24, 2.45) is 0 Å². The fourth-order valence-electron chi connectivity index (χ4n) is 2.44. The predicted octanol–water partition coefficient (Wildman–Crippen LogP) is 4.59. The molecule has 0 unspecified atom stereocenters. The number of benzene rings is 1. The third kappa shape index (κ3) is 2.95. The first-order chi connectivity index (χ1) is 11.2. The minimum Gasteiger partial charge on any atom is -0.348 e. The van der Waals surface area contributed by atoms with E-state index in [0.717, 1.165) is 11.1 Å². The average molecular weight is 351 g/mol. The molecule has 1 saturated heterocycles. The zero-order valence-electron chi connectivity index (χ0n) is 12.0. The maximum atomic E-state index is 14.5. The number of rotatable bonds is 2. The molecule has 0 saturated carbocycles. The summed E-state index contributed by atoms with van der Waals surface area (Å²) >= 11 is 7.24. The van der Waals surface area contributed by atoms with E-state index in [1.807, 2.05) is 6.07 Å². The Balaban J connectivity index is 1.70. The molecular weight excluding hydrogens is 339 g/mol. The first kappa shape index (κ1) is 15.0. The molecule has 0 N–H and O–H groups in total. The Morgan fingerprint density at radius 3 is 2.74 bits per heavy atom. The van der Waals surface area contributed by atoms with Gasteiger partial charge in [0.2, 0.25) is 0 Å². The highest BCUT2D eigenvalue weighted by Gasteiger charge is 2.19. The average Bonchev–Trinajstić information content (AvgIpc) is 2.98. The van der Waals surface area contributed by atoms with Crippen LogP contribution < -0.4 is 0 Å². The van der Waals surface area contributed by atoms with Crippen molar-refractivity contribution in [1.82, 2.24) is 9.97 Å². The number of pyridine rings is 1. The van der Waals surface area contributed by atoms with Gasteiger partial charge in [-0.25, -0.2) is 14.4 Å². The largest absolute Gasteiger partial charge is 0.348 e. The molecule has 23 heavy (non-hydrogen) atoms. The SMILES string of the molecule is Fc1cc(C2OCCCO2)ccc1-c1nc2nc(Cl)ccc2s1. The Labute approximate surface area is 140 Å².